The van der Waals surface area contributed by atoms with Crippen LogP contribution in [0.25, 0.3) is 5.65 Å². The lowest BCUT2D eigenvalue weighted by atomic mass is 9.94. The van der Waals surface area contributed by atoms with Crippen LogP contribution in [0.1, 0.15) is 29.0 Å². The number of piperidine rings is 1. The second-order valence-electron chi connectivity index (χ2n) is 5.47. The number of aromatic carboxylic acids is 1. The van der Waals surface area contributed by atoms with Crippen LogP contribution >= 0.6 is 0 Å². The van der Waals surface area contributed by atoms with Crippen LogP contribution in [0.15, 0.2) is 18.3 Å². The first-order valence-corrected chi connectivity index (χ1v) is 6.89. The summed E-state index contributed by atoms with van der Waals surface area (Å²) in [5, 5.41) is 13.6. The van der Waals surface area contributed by atoms with Gasteiger partial charge >= 0.3 is 5.97 Å². The van der Waals surface area contributed by atoms with Gasteiger partial charge in [0.15, 0.2) is 11.5 Å². The summed E-state index contributed by atoms with van der Waals surface area (Å²) in [7, 11) is 2.14. The topological polar surface area (TPSA) is 70.7 Å². The van der Waals surface area contributed by atoms with Gasteiger partial charge in [0.1, 0.15) is 5.56 Å². The third kappa shape index (κ3) is 2.51. The minimum absolute atomic E-state index is 0.203. The van der Waals surface area contributed by atoms with Crippen molar-refractivity contribution in [2.24, 2.45) is 5.92 Å². The Balaban J connectivity index is 1.82. The highest BCUT2D eigenvalue weighted by atomic mass is 16.4. The molecule has 106 valence electrons. The summed E-state index contributed by atoms with van der Waals surface area (Å²) < 4.78 is 1.56. The van der Waals surface area contributed by atoms with Crippen molar-refractivity contribution in [3.05, 3.63) is 29.7 Å². The van der Waals surface area contributed by atoms with Gasteiger partial charge in [-0.3, -0.25) is 0 Å². The maximum Gasteiger partial charge on any atom is 0.339 e. The molecule has 0 unspecified atom stereocenters. The standard InChI is InChI=1S/C14H18N4O2/c1-17-7-4-10(5-8-17)9-12-15-13-11(14(19)20)3-2-6-18(13)16-12/h2-3,6,10H,4-5,7-9H2,1H3,(H,19,20). The smallest absolute Gasteiger partial charge is 0.339 e. The lowest BCUT2D eigenvalue weighted by Gasteiger charge is -2.28. The molecule has 2 aromatic heterocycles. The number of hydrogen-bond acceptors (Lipinski definition) is 4. The number of carbonyl (C=O) groups is 1. The fraction of sp³-hybridized carbons (Fsp3) is 0.500. The van der Waals surface area contributed by atoms with Gasteiger partial charge in [-0.15, -0.1) is 0 Å². The number of rotatable bonds is 3. The summed E-state index contributed by atoms with van der Waals surface area (Å²) >= 11 is 0. The maximum atomic E-state index is 11.2. The summed E-state index contributed by atoms with van der Waals surface area (Å²) in [5.74, 6) is 0.374. The molecule has 0 saturated carbocycles. The fourth-order valence-electron chi connectivity index (χ4n) is 2.73. The number of hydrogen-bond donors (Lipinski definition) is 1. The van der Waals surface area contributed by atoms with Crippen molar-refractivity contribution in [1.29, 1.82) is 0 Å². The van der Waals surface area contributed by atoms with Crippen molar-refractivity contribution in [1.82, 2.24) is 19.5 Å². The van der Waals surface area contributed by atoms with Crippen molar-refractivity contribution in [3.8, 4) is 0 Å². The maximum absolute atomic E-state index is 11.2. The molecule has 1 fully saturated rings. The molecule has 6 heteroatoms. The fourth-order valence-corrected chi connectivity index (χ4v) is 2.73. The predicted molar refractivity (Wildman–Crippen MR) is 73.9 cm³/mol. The molecular formula is C14H18N4O2. The zero-order valence-corrected chi connectivity index (χ0v) is 11.5. The molecule has 0 bridgehead atoms. The van der Waals surface area contributed by atoms with Crippen LogP contribution in [-0.4, -0.2) is 50.7 Å². The molecule has 1 N–H and O–H groups in total. The summed E-state index contributed by atoms with van der Waals surface area (Å²) in [6.45, 7) is 2.22. The van der Waals surface area contributed by atoms with Gasteiger partial charge in [-0.1, -0.05) is 0 Å². The second-order valence-corrected chi connectivity index (χ2v) is 5.47. The number of fused-ring (bicyclic) bond motifs is 1. The molecule has 0 amide bonds. The van der Waals surface area contributed by atoms with Gasteiger partial charge in [-0.05, 0) is 51.0 Å². The molecule has 0 spiro atoms. The van der Waals surface area contributed by atoms with Crippen molar-refractivity contribution < 1.29 is 9.90 Å². The molecule has 20 heavy (non-hydrogen) atoms. The van der Waals surface area contributed by atoms with Gasteiger partial charge in [0.05, 0.1) is 0 Å². The molecule has 6 nitrogen and oxygen atoms in total. The summed E-state index contributed by atoms with van der Waals surface area (Å²) in [5.41, 5.74) is 0.637. The second kappa shape index (κ2) is 5.20. The predicted octanol–water partition coefficient (Wildman–Crippen LogP) is 1.31. The van der Waals surface area contributed by atoms with E-state index in [0.717, 1.165) is 38.2 Å². The van der Waals surface area contributed by atoms with Crippen LogP contribution < -0.4 is 0 Å². The molecule has 3 heterocycles. The largest absolute Gasteiger partial charge is 0.478 e. The number of pyridine rings is 1. The van der Waals surface area contributed by atoms with Crippen molar-refractivity contribution in [2.45, 2.75) is 19.3 Å². The zero-order valence-electron chi connectivity index (χ0n) is 11.5. The Hall–Kier alpha value is -1.95. The minimum Gasteiger partial charge on any atom is -0.478 e. The van der Waals surface area contributed by atoms with Crippen LogP contribution in [0.5, 0.6) is 0 Å². The molecule has 1 saturated heterocycles. The molecule has 0 radical (unpaired) electrons. The molecule has 0 aliphatic carbocycles. The van der Waals surface area contributed by atoms with Crippen molar-refractivity contribution in [2.75, 3.05) is 20.1 Å². The quantitative estimate of drug-likeness (QED) is 0.913. The Labute approximate surface area is 117 Å². The monoisotopic (exact) mass is 274 g/mol. The van der Waals surface area contributed by atoms with Crippen LogP contribution in [-0.2, 0) is 6.42 Å². The molecule has 0 atom stereocenters. The highest BCUT2D eigenvalue weighted by Crippen LogP contribution is 2.20. The molecular weight excluding hydrogens is 256 g/mol. The normalized spacial score (nSPS) is 17.6. The first-order valence-electron chi connectivity index (χ1n) is 6.89. The highest BCUT2D eigenvalue weighted by Gasteiger charge is 2.20. The van der Waals surface area contributed by atoms with Crippen molar-refractivity contribution in [3.63, 3.8) is 0 Å². The van der Waals surface area contributed by atoms with E-state index in [-0.39, 0.29) is 5.56 Å². The molecule has 3 rings (SSSR count). The van der Waals surface area contributed by atoms with Gasteiger partial charge < -0.3 is 10.0 Å². The van der Waals surface area contributed by atoms with Crippen molar-refractivity contribution >= 4 is 11.6 Å². The van der Waals surface area contributed by atoms with E-state index in [9.17, 15) is 4.79 Å². The average molecular weight is 274 g/mol. The van der Waals surface area contributed by atoms with Gasteiger partial charge in [0, 0.05) is 12.6 Å². The van der Waals surface area contributed by atoms with Gasteiger partial charge in [0.2, 0.25) is 0 Å². The Morgan fingerprint density at radius 3 is 2.90 bits per heavy atom. The first kappa shape index (κ1) is 13.1. The lowest BCUT2D eigenvalue weighted by molar-refractivity contribution is 0.0698. The summed E-state index contributed by atoms with van der Waals surface area (Å²) in [6.07, 6.45) is 4.87. The third-order valence-electron chi connectivity index (χ3n) is 3.95. The Morgan fingerprint density at radius 1 is 1.45 bits per heavy atom. The van der Waals surface area contributed by atoms with E-state index < -0.39 is 5.97 Å². The van der Waals surface area contributed by atoms with E-state index in [4.69, 9.17) is 5.11 Å². The van der Waals surface area contributed by atoms with Crippen LogP contribution in [0.2, 0.25) is 0 Å². The molecule has 2 aromatic rings. The first-order chi connectivity index (χ1) is 9.63. The van der Waals surface area contributed by atoms with Gasteiger partial charge in [-0.25, -0.2) is 14.3 Å². The lowest BCUT2D eigenvalue weighted by Crippen LogP contribution is -2.31. The van der Waals surface area contributed by atoms with E-state index in [1.807, 2.05) is 0 Å². The Bertz CT molecular complexity index is 629. The van der Waals surface area contributed by atoms with E-state index >= 15 is 0 Å². The molecule has 1 aliphatic heterocycles. The Morgan fingerprint density at radius 2 is 2.20 bits per heavy atom. The number of likely N-dealkylation sites (tertiary alicyclic amines) is 1. The number of carboxylic acids is 1. The Kier molecular flexibility index (Phi) is 3.40. The average Bonchev–Trinajstić information content (AvgIpc) is 2.83. The summed E-state index contributed by atoms with van der Waals surface area (Å²) in [6, 6.07) is 3.25. The minimum atomic E-state index is -0.964. The van der Waals surface area contributed by atoms with E-state index in [0.29, 0.717) is 11.6 Å². The van der Waals surface area contributed by atoms with E-state index in [1.54, 1.807) is 22.8 Å². The van der Waals surface area contributed by atoms with Gasteiger partial charge in [0.25, 0.3) is 0 Å². The van der Waals surface area contributed by atoms with E-state index in [2.05, 4.69) is 22.0 Å². The highest BCUT2D eigenvalue weighted by molar-refractivity contribution is 5.94. The zero-order chi connectivity index (χ0) is 14.1. The number of carboxylic acid groups (broad SMARTS) is 1. The third-order valence-corrected chi connectivity index (χ3v) is 3.95. The van der Waals surface area contributed by atoms with E-state index in [1.165, 1.54) is 0 Å². The van der Waals surface area contributed by atoms with Crippen LogP contribution in [0.4, 0.5) is 0 Å². The van der Waals surface area contributed by atoms with Crippen LogP contribution in [0.3, 0.4) is 0 Å². The summed E-state index contributed by atoms with van der Waals surface area (Å²) in [4.78, 5) is 17.9. The molecule has 0 aromatic carbocycles. The molecule has 1 aliphatic rings. The SMILES string of the molecule is CN1CCC(Cc2nc3c(C(=O)O)cccn3n2)CC1. The van der Waals surface area contributed by atoms with Crippen LogP contribution in [0, 0.1) is 5.92 Å². The van der Waals surface area contributed by atoms with Gasteiger partial charge in [-0.2, -0.15) is 5.10 Å². The number of nitrogens with zero attached hydrogens (tertiary/aromatic N) is 4. The number of aromatic nitrogens is 3.